The number of hydrogen-bond acceptors (Lipinski definition) is 2. The van der Waals surface area contributed by atoms with Crippen molar-refractivity contribution in [3.63, 3.8) is 0 Å². The zero-order chi connectivity index (χ0) is 19.7. The molecule has 146 valence electrons. The average molecular weight is 381 g/mol. The summed E-state index contributed by atoms with van der Waals surface area (Å²) >= 11 is 0. The second-order valence-electron chi connectivity index (χ2n) is 8.19. The summed E-state index contributed by atoms with van der Waals surface area (Å²) in [5.74, 6) is -0.0358. The van der Waals surface area contributed by atoms with Crippen molar-refractivity contribution in [2.24, 2.45) is 16.7 Å². The first-order valence-corrected chi connectivity index (χ1v) is 8.42. The predicted molar refractivity (Wildman–Crippen MR) is 84.5 cm³/mol. The Kier molecular flexibility index (Phi) is 4.11. The molecule has 2 aliphatic rings. The Bertz CT molecular complexity index is 678. The van der Waals surface area contributed by atoms with Gasteiger partial charge in [0.25, 0.3) is 0 Å². The minimum Gasteiger partial charge on any atom is -0.390 e. The van der Waals surface area contributed by atoms with Gasteiger partial charge in [-0.15, -0.1) is 0 Å². The molecular weight excluding hydrogens is 360 g/mol. The molecule has 0 saturated heterocycles. The van der Waals surface area contributed by atoms with Crippen LogP contribution in [0.2, 0.25) is 0 Å². The highest BCUT2D eigenvalue weighted by Gasteiger charge is 2.66. The Labute approximate surface area is 147 Å². The van der Waals surface area contributed by atoms with Gasteiger partial charge in [-0.2, -0.15) is 26.3 Å². The Balaban J connectivity index is 1.98. The molecule has 3 rings (SSSR count). The number of halogens is 6. The Morgan fingerprint density at radius 2 is 1.46 bits per heavy atom. The largest absolute Gasteiger partial charge is 0.416 e. The molecule has 0 amide bonds. The zero-order valence-corrected chi connectivity index (χ0v) is 14.6. The van der Waals surface area contributed by atoms with Crippen LogP contribution in [0.5, 0.6) is 0 Å². The lowest BCUT2D eigenvalue weighted by atomic mass is 9.70. The van der Waals surface area contributed by atoms with E-state index in [4.69, 9.17) is 0 Å². The van der Waals surface area contributed by atoms with Gasteiger partial charge in [-0.25, -0.2) is 0 Å². The number of hydrogen-bond donors (Lipinski definition) is 2. The lowest BCUT2D eigenvalue weighted by Crippen LogP contribution is -2.43. The highest BCUT2D eigenvalue weighted by Crippen LogP contribution is 2.65. The first kappa shape index (κ1) is 19.3. The van der Waals surface area contributed by atoms with Crippen molar-refractivity contribution in [3.05, 3.63) is 29.3 Å². The quantitative estimate of drug-likeness (QED) is 0.680. The van der Waals surface area contributed by atoms with E-state index < -0.39 is 41.0 Å². The zero-order valence-electron chi connectivity index (χ0n) is 14.6. The molecular formula is C18H21F6NO. The molecule has 2 N–H and O–H groups in total. The van der Waals surface area contributed by atoms with Gasteiger partial charge in [0.1, 0.15) is 0 Å². The van der Waals surface area contributed by atoms with Gasteiger partial charge in [0.15, 0.2) is 0 Å². The Morgan fingerprint density at radius 3 is 1.85 bits per heavy atom. The molecule has 0 spiro atoms. The van der Waals surface area contributed by atoms with Crippen LogP contribution in [0.15, 0.2) is 18.2 Å². The lowest BCUT2D eigenvalue weighted by Gasteiger charge is -2.37. The summed E-state index contributed by atoms with van der Waals surface area (Å²) in [5, 5.41) is 13.5. The molecule has 2 bridgehead atoms. The van der Waals surface area contributed by atoms with Crippen molar-refractivity contribution in [2.45, 2.75) is 58.1 Å². The van der Waals surface area contributed by atoms with Gasteiger partial charge in [0.05, 0.1) is 23.3 Å². The van der Waals surface area contributed by atoms with Crippen LogP contribution >= 0.6 is 0 Å². The maximum atomic E-state index is 13.0. The van der Waals surface area contributed by atoms with Crippen molar-refractivity contribution in [3.8, 4) is 0 Å². The molecule has 26 heavy (non-hydrogen) atoms. The second kappa shape index (κ2) is 5.53. The number of nitrogens with one attached hydrogen (secondary N) is 1. The summed E-state index contributed by atoms with van der Waals surface area (Å²) in [4.78, 5) is 0. The Hall–Kier alpha value is -1.44. The summed E-state index contributed by atoms with van der Waals surface area (Å²) in [5.41, 5.74) is -3.69. The van der Waals surface area contributed by atoms with E-state index in [1.54, 1.807) is 0 Å². The highest BCUT2D eigenvalue weighted by atomic mass is 19.4. The lowest BCUT2D eigenvalue weighted by molar-refractivity contribution is -0.143. The number of alkyl halides is 6. The predicted octanol–water partition coefficient (Wildman–Crippen LogP) is 5.32. The van der Waals surface area contributed by atoms with E-state index in [0.717, 1.165) is 12.8 Å². The maximum Gasteiger partial charge on any atom is 0.416 e. The van der Waals surface area contributed by atoms with E-state index in [9.17, 15) is 31.4 Å². The topological polar surface area (TPSA) is 32.3 Å². The second-order valence-corrected chi connectivity index (χ2v) is 8.19. The van der Waals surface area contributed by atoms with Crippen LogP contribution in [0.25, 0.3) is 0 Å². The molecule has 1 aromatic carbocycles. The van der Waals surface area contributed by atoms with Crippen LogP contribution in [0, 0.1) is 16.7 Å². The van der Waals surface area contributed by atoms with E-state index in [-0.39, 0.29) is 23.1 Å². The SMILES string of the molecule is CC1(C)[C@@H]2CC[C@@]1(C)[C@H](O)[C@@H]2Nc1cc(C(F)(F)F)cc(C(F)(F)F)c1. The van der Waals surface area contributed by atoms with Crippen LogP contribution in [-0.2, 0) is 12.4 Å². The number of anilines is 1. The van der Waals surface area contributed by atoms with Gasteiger partial charge in [0.2, 0.25) is 0 Å². The molecule has 2 nitrogen and oxygen atoms in total. The molecule has 0 heterocycles. The van der Waals surface area contributed by atoms with Crippen molar-refractivity contribution in [1.82, 2.24) is 0 Å². The fourth-order valence-corrected chi connectivity index (χ4v) is 4.75. The fraction of sp³-hybridized carbons (Fsp3) is 0.667. The summed E-state index contributed by atoms with van der Waals surface area (Å²) in [7, 11) is 0. The number of benzene rings is 1. The third-order valence-corrected chi connectivity index (χ3v) is 6.72. The normalized spacial score (nSPS) is 33.5. The van der Waals surface area contributed by atoms with E-state index in [2.05, 4.69) is 5.32 Å². The van der Waals surface area contributed by atoms with E-state index in [0.29, 0.717) is 12.1 Å². The van der Waals surface area contributed by atoms with E-state index in [1.807, 2.05) is 20.8 Å². The Morgan fingerprint density at radius 1 is 0.962 bits per heavy atom. The fourth-order valence-electron chi connectivity index (χ4n) is 4.75. The van der Waals surface area contributed by atoms with E-state index >= 15 is 0 Å². The van der Waals surface area contributed by atoms with Gasteiger partial charge < -0.3 is 10.4 Å². The molecule has 0 radical (unpaired) electrons. The van der Waals surface area contributed by atoms with Crippen molar-refractivity contribution < 1.29 is 31.4 Å². The molecule has 2 saturated carbocycles. The molecule has 2 fully saturated rings. The molecule has 1 aromatic rings. The standard InChI is InChI=1S/C18H21F6NO/c1-15(2)12-4-5-16(15,3)14(26)13(12)25-11-7-9(17(19,20)21)6-10(8-11)18(22,23)24/h6-8,12-14,25-26H,4-5H2,1-3H3/t12-,13-,14-,16+/m1/s1. The molecule has 0 unspecified atom stereocenters. The van der Waals surface area contributed by atoms with Crippen LogP contribution in [0.1, 0.15) is 44.7 Å². The minimum absolute atomic E-state index is 0.0358. The van der Waals surface area contributed by atoms with Crippen LogP contribution in [-0.4, -0.2) is 17.3 Å². The van der Waals surface area contributed by atoms with Crippen LogP contribution in [0.4, 0.5) is 32.0 Å². The summed E-state index contributed by atoms with van der Waals surface area (Å²) in [6, 6.07) is 0.855. The van der Waals surface area contributed by atoms with Crippen molar-refractivity contribution in [1.29, 1.82) is 0 Å². The maximum absolute atomic E-state index is 13.0. The third-order valence-electron chi connectivity index (χ3n) is 6.72. The van der Waals surface area contributed by atoms with Crippen LogP contribution < -0.4 is 5.32 Å². The number of rotatable bonds is 2. The van der Waals surface area contributed by atoms with Gasteiger partial charge in [0, 0.05) is 11.1 Å². The molecule has 8 heteroatoms. The molecule has 4 atom stereocenters. The van der Waals surface area contributed by atoms with Gasteiger partial charge in [-0.3, -0.25) is 0 Å². The average Bonchev–Trinajstić information content (AvgIpc) is 2.79. The van der Waals surface area contributed by atoms with Gasteiger partial charge in [-0.1, -0.05) is 20.8 Å². The summed E-state index contributed by atoms with van der Waals surface area (Å²) < 4.78 is 78.1. The first-order valence-electron chi connectivity index (χ1n) is 8.42. The van der Waals surface area contributed by atoms with Crippen molar-refractivity contribution in [2.75, 3.05) is 5.32 Å². The molecule has 0 aromatic heterocycles. The van der Waals surface area contributed by atoms with Gasteiger partial charge >= 0.3 is 12.4 Å². The number of aliphatic hydroxyl groups excluding tert-OH is 1. The van der Waals surface area contributed by atoms with E-state index in [1.165, 1.54) is 0 Å². The number of aliphatic hydroxyl groups is 1. The highest BCUT2D eigenvalue weighted by molar-refractivity contribution is 5.52. The number of fused-ring (bicyclic) bond motifs is 2. The third kappa shape index (κ3) is 2.77. The first-order chi connectivity index (χ1) is 11.7. The molecule has 0 aliphatic heterocycles. The molecule has 2 aliphatic carbocycles. The minimum atomic E-state index is -4.89. The summed E-state index contributed by atoms with van der Waals surface area (Å²) in [6.45, 7) is 5.90. The monoisotopic (exact) mass is 381 g/mol. The van der Waals surface area contributed by atoms with Gasteiger partial charge in [-0.05, 0) is 42.4 Å². The van der Waals surface area contributed by atoms with Crippen LogP contribution in [0.3, 0.4) is 0 Å². The smallest absolute Gasteiger partial charge is 0.390 e. The summed E-state index contributed by atoms with van der Waals surface area (Å²) in [6.07, 6.45) is -9.09. The van der Waals surface area contributed by atoms with Crippen molar-refractivity contribution >= 4 is 5.69 Å².